The third-order valence-corrected chi connectivity index (χ3v) is 10.3. The van der Waals surface area contributed by atoms with Crippen LogP contribution >= 0.6 is 0 Å². The van der Waals surface area contributed by atoms with Crippen molar-refractivity contribution in [3.63, 3.8) is 0 Å². The summed E-state index contributed by atoms with van der Waals surface area (Å²) in [4.78, 5) is 5.25. The highest BCUT2D eigenvalue weighted by atomic mass is 16.3. The molecule has 0 radical (unpaired) electrons. The summed E-state index contributed by atoms with van der Waals surface area (Å²) in [5, 5.41) is 10.3. The van der Waals surface area contributed by atoms with Crippen LogP contribution in [0, 0.1) is 0 Å². The molecular formula is C46H29N3O2. The molecule has 0 saturated carbocycles. The zero-order chi connectivity index (χ0) is 33.5. The number of nitrogens with one attached hydrogen (secondary N) is 1. The van der Waals surface area contributed by atoms with Gasteiger partial charge in [0.2, 0.25) is 0 Å². The predicted molar refractivity (Wildman–Crippen MR) is 209 cm³/mol. The number of amidine groups is 1. The van der Waals surface area contributed by atoms with Crippen LogP contribution in [0.5, 0.6) is 0 Å². The monoisotopic (exact) mass is 655 g/mol. The van der Waals surface area contributed by atoms with E-state index >= 15 is 0 Å². The number of rotatable bonds is 4. The largest absolute Gasteiger partial charge is 0.454 e. The second-order valence-electron chi connectivity index (χ2n) is 13.1. The molecule has 5 heteroatoms. The van der Waals surface area contributed by atoms with Crippen LogP contribution in [0.15, 0.2) is 178 Å². The summed E-state index contributed by atoms with van der Waals surface area (Å²) in [6, 6.07) is 54.8. The molecule has 0 saturated heterocycles. The van der Waals surface area contributed by atoms with Crippen molar-refractivity contribution in [2.45, 2.75) is 6.04 Å². The molecule has 0 aliphatic carbocycles. The highest BCUT2D eigenvalue weighted by Gasteiger charge is 2.25. The van der Waals surface area contributed by atoms with E-state index in [1.54, 1.807) is 0 Å². The van der Waals surface area contributed by atoms with Gasteiger partial charge < -0.3 is 18.7 Å². The maximum Gasteiger partial charge on any atom is 0.160 e. The lowest BCUT2D eigenvalue weighted by Gasteiger charge is -2.24. The van der Waals surface area contributed by atoms with Crippen molar-refractivity contribution in [2.24, 2.45) is 4.99 Å². The average Bonchev–Trinajstić information content (AvgIpc) is 3.88. The molecule has 0 fully saturated rings. The summed E-state index contributed by atoms with van der Waals surface area (Å²) in [6.07, 6.45) is 2.21. The van der Waals surface area contributed by atoms with Gasteiger partial charge in [0, 0.05) is 37.9 Å². The molecule has 0 spiro atoms. The fraction of sp³-hybridized carbons (Fsp3) is 0.0217. The smallest absolute Gasteiger partial charge is 0.160 e. The minimum absolute atomic E-state index is 0.0540. The molecule has 1 aliphatic heterocycles. The van der Waals surface area contributed by atoms with Gasteiger partial charge >= 0.3 is 0 Å². The number of benzene rings is 7. The van der Waals surface area contributed by atoms with Gasteiger partial charge in [-0.2, -0.15) is 0 Å². The molecule has 10 aromatic rings. The lowest BCUT2D eigenvalue weighted by Crippen LogP contribution is -2.31. The Balaban J connectivity index is 1.17. The van der Waals surface area contributed by atoms with Crippen LogP contribution in [-0.2, 0) is 0 Å². The predicted octanol–water partition coefficient (Wildman–Crippen LogP) is 11.7. The van der Waals surface area contributed by atoms with E-state index in [0.29, 0.717) is 0 Å². The molecule has 5 nitrogen and oxygen atoms in total. The summed E-state index contributed by atoms with van der Waals surface area (Å²) in [5.41, 5.74) is 10.6. The van der Waals surface area contributed by atoms with Gasteiger partial charge in [-0.05, 0) is 47.5 Å². The normalized spacial score (nSPS) is 14.9. The van der Waals surface area contributed by atoms with Crippen LogP contribution in [0.25, 0.3) is 77.1 Å². The van der Waals surface area contributed by atoms with Crippen LogP contribution in [0.1, 0.15) is 22.7 Å². The van der Waals surface area contributed by atoms with Crippen molar-refractivity contribution in [3.05, 3.63) is 180 Å². The van der Waals surface area contributed by atoms with E-state index in [4.69, 9.17) is 13.8 Å². The molecule has 0 bridgehead atoms. The SMILES string of the molecule is C1=C(c2ccccc2)N=C(c2cccc3oc4c(-n5c6ccccc6c6ccc7c8ccccc8oc7c65)cccc4c23)NC1c1ccccc1. The number of hydrogen-bond acceptors (Lipinski definition) is 4. The summed E-state index contributed by atoms with van der Waals surface area (Å²) >= 11 is 0. The topological polar surface area (TPSA) is 55.6 Å². The van der Waals surface area contributed by atoms with E-state index in [1.807, 2.05) is 18.2 Å². The summed E-state index contributed by atoms with van der Waals surface area (Å²) in [5.74, 6) is 0.810. The molecule has 3 aromatic heterocycles. The summed E-state index contributed by atoms with van der Waals surface area (Å²) in [7, 11) is 0. The Morgan fingerprint density at radius 1 is 0.529 bits per heavy atom. The summed E-state index contributed by atoms with van der Waals surface area (Å²) in [6.45, 7) is 0. The maximum absolute atomic E-state index is 6.88. The lowest BCUT2D eigenvalue weighted by molar-refractivity contribution is 0.664. The average molecular weight is 656 g/mol. The molecule has 240 valence electrons. The number of fused-ring (bicyclic) bond motifs is 10. The van der Waals surface area contributed by atoms with Crippen LogP contribution in [-0.4, -0.2) is 10.4 Å². The van der Waals surface area contributed by atoms with Crippen molar-refractivity contribution >= 4 is 77.2 Å². The minimum atomic E-state index is -0.0540. The number of furan rings is 2. The zero-order valence-electron chi connectivity index (χ0n) is 27.4. The highest BCUT2D eigenvalue weighted by Crippen LogP contribution is 2.43. The fourth-order valence-corrected chi connectivity index (χ4v) is 7.97. The second kappa shape index (κ2) is 10.8. The molecule has 1 N–H and O–H groups in total. The van der Waals surface area contributed by atoms with Gasteiger partial charge in [-0.3, -0.25) is 0 Å². The molecule has 11 rings (SSSR count). The maximum atomic E-state index is 6.88. The van der Waals surface area contributed by atoms with Crippen molar-refractivity contribution in [1.82, 2.24) is 9.88 Å². The number of hydrogen-bond donors (Lipinski definition) is 1. The first-order valence-corrected chi connectivity index (χ1v) is 17.3. The standard InChI is InChI=1S/C46H29N3O2/c1-3-13-28(14-4-1)36-27-37(29-15-5-2-6-16-29)48-46(47-36)35-20-12-24-41-42(35)34-19-11-22-39(44(34)51-41)49-38-21-9-7-17-30(38)32-25-26-33-31-18-8-10-23-40(31)50-45(33)43(32)49/h1-27,36H,(H,47,48). The lowest BCUT2D eigenvalue weighted by atomic mass is 9.99. The molecule has 51 heavy (non-hydrogen) atoms. The van der Waals surface area contributed by atoms with Crippen LogP contribution < -0.4 is 5.32 Å². The minimum Gasteiger partial charge on any atom is -0.454 e. The van der Waals surface area contributed by atoms with Crippen molar-refractivity contribution in [2.75, 3.05) is 0 Å². The van der Waals surface area contributed by atoms with Crippen molar-refractivity contribution in [3.8, 4) is 5.69 Å². The Bertz CT molecular complexity index is 3050. The molecular weight excluding hydrogens is 627 g/mol. The van der Waals surface area contributed by atoms with Gasteiger partial charge in [-0.25, -0.2) is 4.99 Å². The van der Waals surface area contributed by atoms with E-state index in [2.05, 4.69) is 155 Å². The van der Waals surface area contributed by atoms with E-state index in [0.717, 1.165) is 94.0 Å². The Morgan fingerprint density at radius 3 is 2.10 bits per heavy atom. The van der Waals surface area contributed by atoms with E-state index in [9.17, 15) is 0 Å². The van der Waals surface area contributed by atoms with E-state index < -0.39 is 0 Å². The van der Waals surface area contributed by atoms with E-state index in [-0.39, 0.29) is 6.04 Å². The number of nitrogens with zero attached hydrogens (tertiary/aromatic N) is 2. The van der Waals surface area contributed by atoms with Gasteiger partial charge in [0.1, 0.15) is 17.0 Å². The van der Waals surface area contributed by atoms with Gasteiger partial charge in [0.15, 0.2) is 11.2 Å². The van der Waals surface area contributed by atoms with Crippen molar-refractivity contribution in [1.29, 1.82) is 0 Å². The molecule has 4 heterocycles. The first-order chi connectivity index (χ1) is 25.3. The molecule has 7 aromatic carbocycles. The highest BCUT2D eigenvalue weighted by molar-refractivity contribution is 6.23. The zero-order valence-corrected chi connectivity index (χ0v) is 27.4. The Hall–Kier alpha value is -6.85. The third-order valence-electron chi connectivity index (χ3n) is 10.3. The molecule has 1 unspecified atom stereocenters. The Labute approximate surface area is 292 Å². The van der Waals surface area contributed by atoms with Crippen LogP contribution in [0.4, 0.5) is 0 Å². The molecule has 1 aliphatic rings. The Kier molecular flexibility index (Phi) is 5.95. The van der Waals surface area contributed by atoms with Crippen molar-refractivity contribution < 1.29 is 8.83 Å². The third kappa shape index (κ3) is 4.18. The van der Waals surface area contributed by atoms with Gasteiger partial charge in [-0.15, -0.1) is 0 Å². The molecule has 0 amide bonds. The van der Waals surface area contributed by atoms with Gasteiger partial charge in [0.25, 0.3) is 0 Å². The number of aromatic nitrogens is 1. The van der Waals surface area contributed by atoms with Crippen LogP contribution in [0.3, 0.4) is 0 Å². The second-order valence-corrected chi connectivity index (χ2v) is 13.1. The number of aliphatic imine (C=N–C) groups is 1. The van der Waals surface area contributed by atoms with Gasteiger partial charge in [-0.1, -0.05) is 127 Å². The quantitative estimate of drug-likeness (QED) is 0.205. The first kappa shape index (κ1) is 28.0. The molecule has 1 atom stereocenters. The van der Waals surface area contributed by atoms with E-state index in [1.165, 1.54) is 5.56 Å². The fourth-order valence-electron chi connectivity index (χ4n) is 7.97. The van der Waals surface area contributed by atoms with Crippen LogP contribution in [0.2, 0.25) is 0 Å². The van der Waals surface area contributed by atoms with Gasteiger partial charge in [0.05, 0.1) is 28.5 Å². The Morgan fingerprint density at radius 2 is 1.22 bits per heavy atom. The first-order valence-electron chi connectivity index (χ1n) is 17.3. The summed E-state index contributed by atoms with van der Waals surface area (Å²) < 4.78 is 15.8. The number of para-hydroxylation sites is 3.